The number of nitrogens with zero attached hydrogens (tertiary/aromatic N) is 1. The van der Waals surface area contributed by atoms with Crippen LogP contribution in [0.15, 0.2) is 34.9 Å². The average Bonchev–Trinajstić information content (AvgIpc) is 2.70. The number of pyridine rings is 1. The first-order chi connectivity index (χ1) is 7.66. The van der Waals surface area contributed by atoms with Gasteiger partial charge in [0.15, 0.2) is 0 Å². The molecule has 0 spiro atoms. The van der Waals surface area contributed by atoms with E-state index in [0.717, 1.165) is 22.7 Å². The third-order valence-corrected chi connectivity index (χ3v) is 2.60. The maximum absolute atomic E-state index is 10.1. The van der Waals surface area contributed by atoms with Gasteiger partial charge in [0.1, 0.15) is 5.76 Å². The molecule has 0 saturated carbocycles. The highest BCUT2D eigenvalue weighted by atomic mass is 16.3. The molecule has 2 aromatic rings. The standard InChI is InChI=1S/C13H15NO2/c1-9-5-6-12(10(2)14-9)13(15)8-11-4-3-7-16-11/h3-7,13,15H,8H2,1-2H3. The molecule has 1 N–H and O–H groups in total. The Morgan fingerprint density at radius 2 is 2.12 bits per heavy atom. The minimum Gasteiger partial charge on any atom is -0.469 e. The molecule has 0 aromatic carbocycles. The highest BCUT2D eigenvalue weighted by Gasteiger charge is 2.13. The van der Waals surface area contributed by atoms with Gasteiger partial charge >= 0.3 is 0 Å². The molecular weight excluding hydrogens is 202 g/mol. The predicted molar refractivity (Wildman–Crippen MR) is 61.1 cm³/mol. The third kappa shape index (κ3) is 2.31. The molecule has 0 aliphatic rings. The zero-order valence-corrected chi connectivity index (χ0v) is 9.47. The largest absolute Gasteiger partial charge is 0.469 e. The molecule has 0 bridgehead atoms. The Morgan fingerprint density at radius 3 is 2.75 bits per heavy atom. The topological polar surface area (TPSA) is 46.3 Å². The van der Waals surface area contributed by atoms with E-state index in [1.54, 1.807) is 6.26 Å². The van der Waals surface area contributed by atoms with Gasteiger partial charge in [-0.15, -0.1) is 0 Å². The van der Waals surface area contributed by atoms with E-state index in [0.29, 0.717) is 6.42 Å². The summed E-state index contributed by atoms with van der Waals surface area (Å²) in [6.45, 7) is 3.85. The lowest BCUT2D eigenvalue weighted by Gasteiger charge is -2.12. The molecule has 0 aliphatic heterocycles. The Labute approximate surface area is 94.8 Å². The summed E-state index contributed by atoms with van der Waals surface area (Å²) < 4.78 is 5.21. The van der Waals surface area contributed by atoms with Crippen molar-refractivity contribution in [3.05, 3.63) is 53.2 Å². The lowest BCUT2D eigenvalue weighted by Crippen LogP contribution is -2.05. The van der Waals surface area contributed by atoms with E-state index in [1.807, 2.05) is 38.1 Å². The first kappa shape index (κ1) is 10.9. The third-order valence-electron chi connectivity index (χ3n) is 2.60. The van der Waals surface area contributed by atoms with E-state index in [9.17, 15) is 5.11 Å². The van der Waals surface area contributed by atoms with Gasteiger partial charge in [0.2, 0.25) is 0 Å². The first-order valence-electron chi connectivity index (χ1n) is 5.31. The fourth-order valence-electron chi connectivity index (χ4n) is 1.78. The van der Waals surface area contributed by atoms with Crippen LogP contribution in [0.5, 0.6) is 0 Å². The first-order valence-corrected chi connectivity index (χ1v) is 5.31. The van der Waals surface area contributed by atoms with E-state index in [-0.39, 0.29) is 0 Å². The average molecular weight is 217 g/mol. The Bertz CT molecular complexity index is 463. The molecule has 2 heterocycles. The molecule has 0 fully saturated rings. The van der Waals surface area contributed by atoms with Crippen LogP contribution in [0.2, 0.25) is 0 Å². The SMILES string of the molecule is Cc1ccc(C(O)Cc2ccco2)c(C)n1. The molecule has 0 radical (unpaired) electrons. The molecule has 0 aliphatic carbocycles. The zero-order chi connectivity index (χ0) is 11.5. The molecule has 0 amide bonds. The highest BCUT2D eigenvalue weighted by molar-refractivity contribution is 5.24. The van der Waals surface area contributed by atoms with Gasteiger partial charge in [0.25, 0.3) is 0 Å². The molecule has 1 atom stereocenters. The molecule has 2 rings (SSSR count). The summed E-state index contributed by atoms with van der Waals surface area (Å²) in [5.41, 5.74) is 2.70. The number of rotatable bonds is 3. The number of hydrogen-bond acceptors (Lipinski definition) is 3. The maximum atomic E-state index is 10.1. The van der Waals surface area contributed by atoms with E-state index >= 15 is 0 Å². The summed E-state index contributed by atoms with van der Waals surface area (Å²) in [7, 11) is 0. The number of hydrogen-bond donors (Lipinski definition) is 1. The maximum Gasteiger partial charge on any atom is 0.106 e. The zero-order valence-electron chi connectivity index (χ0n) is 9.47. The number of furan rings is 1. The number of aryl methyl sites for hydroxylation is 2. The predicted octanol–water partition coefficient (Wildman–Crippen LogP) is 2.57. The van der Waals surface area contributed by atoms with Crippen molar-refractivity contribution in [2.45, 2.75) is 26.4 Å². The minimum absolute atomic E-state index is 0.485. The quantitative estimate of drug-likeness (QED) is 0.859. The molecular formula is C13H15NO2. The van der Waals surface area contributed by atoms with Gasteiger partial charge in [0.05, 0.1) is 12.4 Å². The van der Waals surface area contributed by atoms with Crippen molar-refractivity contribution in [1.82, 2.24) is 4.98 Å². The van der Waals surface area contributed by atoms with E-state index < -0.39 is 6.10 Å². The van der Waals surface area contributed by atoms with E-state index in [4.69, 9.17) is 4.42 Å². The van der Waals surface area contributed by atoms with Crippen molar-refractivity contribution in [3.63, 3.8) is 0 Å². The van der Waals surface area contributed by atoms with Crippen LogP contribution < -0.4 is 0 Å². The molecule has 0 saturated heterocycles. The summed E-state index contributed by atoms with van der Waals surface area (Å²) in [6.07, 6.45) is 1.54. The number of aliphatic hydroxyl groups excluding tert-OH is 1. The second-order valence-electron chi connectivity index (χ2n) is 3.93. The van der Waals surface area contributed by atoms with Gasteiger partial charge in [-0.25, -0.2) is 0 Å². The summed E-state index contributed by atoms with van der Waals surface area (Å²) in [5.74, 6) is 0.785. The highest BCUT2D eigenvalue weighted by Crippen LogP contribution is 2.20. The van der Waals surface area contributed by atoms with Crippen LogP contribution in [-0.2, 0) is 6.42 Å². The summed E-state index contributed by atoms with van der Waals surface area (Å²) in [6, 6.07) is 7.52. The van der Waals surface area contributed by atoms with Gasteiger partial charge in [0, 0.05) is 23.4 Å². The molecule has 16 heavy (non-hydrogen) atoms. The number of aromatic nitrogens is 1. The van der Waals surface area contributed by atoms with Gasteiger partial charge < -0.3 is 9.52 Å². The smallest absolute Gasteiger partial charge is 0.106 e. The van der Waals surface area contributed by atoms with E-state index in [2.05, 4.69) is 4.98 Å². The van der Waals surface area contributed by atoms with Crippen LogP contribution in [0.25, 0.3) is 0 Å². The van der Waals surface area contributed by atoms with Crippen molar-refractivity contribution in [2.75, 3.05) is 0 Å². The van der Waals surface area contributed by atoms with Crippen LogP contribution >= 0.6 is 0 Å². The van der Waals surface area contributed by atoms with Crippen molar-refractivity contribution < 1.29 is 9.52 Å². The van der Waals surface area contributed by atoms with Crippen molar-refractivity contribution in [2.24, 2.45) is 0 Å². The van der Waals surface area contributed by atoms with Gasteiger partial charge in [-0.3, -0.25) is 4.98 Å². The van der Waals surface area contributed by atoms with Gasteiger partial charge in [-0.05, 0) is 32.0 Å². The van der Waals surface area contributed by atoms with Crippen molar-refractivity contribution in [3.8, 4) is 0 Å². The fraction of sp³-hybridized carbons (Fsp3) is 0.308. The summed E-state index contributed by atoms with van der Waals surface area (Å²) in [5, 5.41) is 10.1. The Kier molecular flexibility index (Phi) is 3.06. The van der Waals surface area contributed by atoms with Crippen LogP contribution in [0.1, 0.15) is 28.8 Å². The van der Waals surface area contributed by atoms with Crippen molar-refractivity contribution in [1.29, 1.82) is 0 Å². The molecule has 3 nitrogen and oxygen atoms in total. The minimum atomic E-state index is -0.556. The van der Waals surface area contributed by atoms with Crippen LogP contribution in [0.3, 0.4) is 0 Å². The Hall–Kier alpha value is -1.61. The summed E-state index contributed by atoms with van der Waals surface area (Å²) >= 11 is 0. The fourth-order valence-corrected chi connectivity index (χ4v) is 1.78. The molecule has 1 unspecified atom stereocenters. The molecule has 2 aromatic heterocycles. The second-order valence-corrected chi connectivity index (χ2v) is 3.93. The second kappa shape index (κ2) is 4.49. The van der Waals surface area contributed by atoms with Crippen LogP contribution in [-0.4, -0.2) is 10.1 Å². The normalized spacial score (nSPS) is 12.7. The number of aliphatic hydroxyl groups is 1. The van der Waals surface area contributed by atoms with Crippen LogP contribution in [0, 0.1) is 13.8 Å². The summed E-state index contributed by atoms with van der Waals surface area (Å²) in [4.78, 5) is 4.33. The molecule has 84 valence electrons. The monoisotopic (exact) mass is 217 g/mol. The lowest BCUT2D eigenvalue weighted by molar-refractivity contribution is 0.169. The Balaban J connectivity index is 2.17. The lowest BCUT2D eigenvalue weighted by atomic mass is 10.0. The Morgan fingerprint density at radius 1 is 1.31 bits per heavy atom. The molecule has 3 heteroatoms. The van der Waals surface area contributed by atoms with Crippen LogP contribution in [0.4, 0.5) is 0 Å². The van der Waals surface area contributed by atoms with Gasteiger partial charge in [-0.2, -0.15) is 0 Å². The van der Waals surface area contributed by atoms with E-state index in [1.165, 1.54) is 0 Å². The van der Waals surface area contributed by atoms with Crippen molar-refractivity contribution >= 4 is 0 Å². The van der Waals surface area contributed by atoms with Gasteiger partial charge in [-0.1, -0.05) is 6.07 Å².